The molecule has 1 aliphatic rings. The summed E-state index contributed by atoms with van der Waals surface area (Å²) in [5, 5.41) is 13.5. The zero-order valence-electron chi connectivity index (χ0n) is 19.4. The van der Waals surface area contributed by atoms with E-state index in [1.54, 1.807) is 11.6 Å². The molecule has 35 heavy (non-hydrogen) atoms. The molecule has 0 saturated heterocycles. The number of carbonyl (C=O) groups is 2. The summed E-state index contributed by atoms with van der Waals surface area (Å²) < 4.78 is 1.77. The van der Waals surface area contributed by atoms with E-state index in [0.29, 0.717) is 22.7 Å². The molecule has 1 aromatic heterocycles. The first-order valence-corrected chi connectivity index (χ1v) is 11.4. The highest BCUT2D eigenvalue weighted by atomic mass is 16.2. The summed E-state index contributed by atoms with van der Waals surface area (Å²) in [7, 11) is 0. The van der Waals surface area contributed by atoms with Gasteiger partial charge in [-0.2, -0.15) is 5.10 Å². The third kappa shape index (κ3) is 4.56. The van der Waals surface area contributed by atoms with Crippen LogP contribution in [0.2, 0.25) is 0 Å². The zero-order chi connectivity index (χ0) is 24.4. The van der Waals surface area contributed by atoms with Crippen molar-refractivity contribution in [3.8, 4) is 16.9 Å². The summed E-state index contributed by atoms with van der Waals surface area (Å²) in [6.07, 6.45) is 1.88. The van der Waals surface area contributed by atoms with E-state index in [1.165, 1.54) is 0 Å². The molecule has 7 nitrogen and oxygen atoms in total. The van der Waals surface area contributed by atoms with Crippen LogP contribution in [0.25, 0.3) is 16.9 Å². The van der Waals surface area contributed by atoms with Crippen LogP contribution in [-0.2, 0) is 4.79 Å². The van der Waals surface area contributed by atoms with Gasteiger partial charge in [0.2, 0.25) is 0 Å². The molecule has 0 saturated carbocycles. The SMILES string of the molecule is CC1=C(C(=O)Nc2ccc(C)cc2)C(c2cn(-c3ccccc3)nc2-c2ccccc2)NC(=O)N1. The monoisotopic (exact) mass is 463 g/mol. The molecule has 1 atom stereocenters. The second-order valence-corrected chi connectivity index (χ2v) is 8.47. The fourth-order valence-corrected chi connectivity index (χ4v) is 4.20. The zero-order valence-corrected chi connectivity index (χ0v) is 19.4. The Morgan fingerprint density at radius 3 is 2.26 bits per heavy atom. The summed E-state index contributed by atoms with van der Waals surface area (Å²) in [4.78, 5) is 26.0. The molecule has 0 aliphatic carbocycles. The highest BCUT2D eigenvalue weighted by Gasteiger charge is 2.34. The molecule has 7 heteroatoms. The van der Waals surface area contributed by atoms with Gasteiger partial charge >= 0.3 is 6.03 Å². The van der Waals surface area contributed by atoms with Gasteiger partial charge < -0.3 is 16.0 Å². The van der Waals surface area contributed by atoms with Gasteiger partial charge in [0.1, 0.15) is 0 Å². The van der Waals surface area contributed by atoms with E-state index in [1.807, 2.05) is 98.0 Å². The molecule has 1 aliphatic heterocycles. The van der Waals surface area contributed by atoms with Crippen LogP contribution < -0.4 is 16.0 Å². The van der Waals surface area contributed by atoms with Crippen LogP contribution in [-0.4, -0.2) is 21.7 Å². The third-order valence-corrected chi connectivity index (χ3v) is 5.94. The van der Waals surface area contributed by atoms with Gasteiger partial charge in [0.05, 0.1) is 23.0 Å². The minimum atomic E-state index is -0.693. The van der Waals surface area contributed by atoms with Crippen molar-refractivity contribution in [2.24, 2.45) is 0 Å². The average Bonchev–Trinajstić information content (AvgIpc) is 3.31. The van der Waals surface area contributed by atoms with E-state index >= 15 is 0 Å². The smallest absolute Gasteiger partial charge is 0.319 e. The average molecular weight is 464 g/mol. The van der Waals surface area contributed by atoms with Crippen LogP contribution in [0.15, 0.2) is 102 Å². The number of hydrogen-bond acceptors (Lipinski definition) is 3. The summed E-state index contributed by atoms with van der Waals surface area (Å²) in [5.74, 6) is -0.296. The predicted octanol–water partition coefficient (Wildman–Crippen LogP) is 5.11. The number of carbonyl (C=O) groups excluding carboxylic acids is 2. The Balaban J connectivity index is 1.61. The summed E-state index contributed by atoms with van der Waals surface area (Å²) >= 11 is 0. The Bertz CT molecular complexity index is 1410. The van der Waals surface area contributed by atoms with E-state index < -0.39 is 6.04 Å². The van der Waals surface area contributed by atoms with Gasteiger partial charge in [0.15, 0.2) is 0 Å². The first-order chi connectivity index (χ1) is 17.0. The molecule has 2 heterocycles. The Labute approximate surface area is 203 Å². The highest BCUT2D eigenvalue weighted by molar-refractivity contribution is 6.07. The van der Waals surface area contributed by atoms with Gasteiger partial charge in [-0.3, -0.25) is 4.79 Å². The maximum atomic E-state index is 13.5. The minimum Gasteiger partial charge on any atom is -0.327 e. The number of aromatic nitrogens is 2. The lowest BCUT2D eigenvalue weighted by Crippen LogP contribution is -2.46. The van der Waals surface area contributed by atoms with Crippen LogP contribution in [0, 0.1) is 6.92 Å². The van der Waals surface area contributed by atoms with Crippen molar-refractivity contribution in [3.63, 3.8) is 0 Å². The minimum absolute atomic E-state index is 0.296. The van der Waals surface area contributed by atoms with Crippen molar-refractivity contribution in [3.05, 3.63) is 114 Å². The van der Waals surface area contributed by atoms with Crippen LogP contribution >= 0.6 is 0 Å². The Morgan fingerprint density at radius 2 is 1.57 bits per heavy atom. The Hall–Kier alpha value is -4.65. The van der Waals surface area contributed by atoms with Gasteiger partial charge in [-0.05, 0) is 38.1 Å². The molecule has 3 aromatic carbocycles. The highest BCUT2D eigenvalue weighted by Crippen LogP contribution is 2.35. The van der Waals surface area contributed by atoms with Crippen molar-refractivity contribution in [2.45, 2.75) is 19.9 Å². The number of amides is 3. The van der Waals surface area contributed by atoms with Gasteiger partial charge in [0, 0.05) is 28.7 Å². The van der Waals surface area contributed by atoms with E-state index in [2.05, 4.69) is 16.0 Å². The topological polar surface area (TPSA) is 88.1 Å². The molecule has 0 fully saturated rings. The van der Waals surface area contributed by atoms with Crippen molar-refractivity contribution in [1.82, 2.24) is 20.4 Å². The second kappa shape index (κ2) is 9.30. The maximum Gasteiger partial charge on any atom is 0.319 e. The molecule has 0 spiro atoms. The van der Waals surface area contributed by atoms with Crippen LogP contribution in [0.1, 0.15) is 24.1 Å². The first-order valence-electron chi connectivity index (χ1n) is 11.4. The molecule has 5 rings (SSSR count). The second-order valence-electron chi connectivity index (χ2n) is 8.47. The lowest BCUT2D eigenvalue weighted by molar-refractivity contribution is -0.113. The summed E-state index contributed by atoms with van der Waals surface area (Å²) in [5.41, 5.74) is 5.88. The standard InChI is InChI=1S/C28H25N5O2/c1-18-13-15-21(16-14-18)30-27(34)24-19(2)29-28(35)31-26(24)23-17-33(22-11-7-4-8-12-22)32-25(23)20-9-5-3-6-10-20/h3-17,26H,1-2H3,(H,30,34)(H2,29,31,35). The van der Waals surface area contributed by atoms with Gasteiger partial charge in [0.25, 0.3) is 5.91 Å². The van der Waals surface area contributed by atoms with Crippen LogP contribution in [0.4, 0.5) is 10.5 Å². The quantitative estimate of drug-likeness (QED) is 0.384. The number of hydrogen-bond donors (Lipinski definition) is 3. The molecule has 4 aromatic rings. The van der Waals surface area contributed by atoms with Crippen LogP contribution in [0.5, 0.6) is 0 Å². The molecule has 174 valence electrons. The predicted molar refractivity (Wildman–Crippen MR) is 136 cm³/mol. The van der Waals surface area contributed by atoms with E-state index in [-0.39, 0.29) is 11.9 Å². The summed E-state index contributed by atoms with van der Waals surface area (Å²) in [6, 6.07) is 26.0. The molecule has 3 N–H and O–H groups in total. The number of aryl methyl sites for hydroxylation is 1. The number of para-hydroxylation sites is 1. The number of nitrogens with zero attached hydrogens (tertiary/aromatic N) is 2. The maximum absolute atomic E-state index is 13.5. The number of allylic oxidation sites excluding steroid dienone is 1. The summed E-state index contributed by atoms with van der Waals surface area (Å²) in [6.45, 7) is 3.73. The van der Waals surface area contributed by atoms with Crippen LogP contribution in [0.3, 0.4) is 0 Å². The lowest BCUT2D eigenvalue weighted by atomic mass is 9.93. The largest absolute Gasteiger partial charge is 0.327 e. The number of anilines is 1. The Morgan fingerprint density at radius 1 is 0.914 bits per heavy atom. The number of benzene rings is 3. The molecule has 0 radical (unpaired) electrons. The number of urea groups is 1. The normalized spacial score (nSPS) is 15.4. The molecule has 1 unspecified atom stereocenters. The van der Waals surface area contributed by atoms with Gasteiger partial charge in [-0.15, -0.1) is 0 Å². The Kier molecular flexibility index (Phi) is 5.89. The van der Waals surface area contributed by atoms with Gasteiger partial charge in [-0.25, -0.2) is 9.48 Å². The molecule has 0 bridgehead atoms. The number of rotatable bonds is 5. The molecular weight excluding hydrogens is 438 g/mol. The van der Waals surface area contributed by atoms with Crippen molar-refractivity contribution < 1.29 is 9.59 Å². The fraction of sp³-hybridized carbons (Fsp3) is 0.107. The van der Waals surface area contributed by atoms with Crippen molar-refractivity contribution >= 4 is 17.6 Å². The van der Waals surface area contributed by atoms with E-state index in [4.69, 9.17) is 5.10 Å². The fourth-order valence-electron chi connectivity index (χ4n) is 4.20. The lowest BCUT2D eigenvalue weighted by Gasteiger charge is -2.28. The van der Waals surface area contributed by atoms with Crippen molar-refractivity contribution in [1.29, 1.82) is 0 Å². The van der Waals surface area contributed by atoms with Crippen molar-refractivity contribution in [2.75, 3.05) is 5.32 Å². The van der Waals surface area contributed by atoms with E-state index in [9.17, 15) is 9.59 Å². The molecule has 3 amide bonds. The van der Waals surface area contributed by atoms with Gasteiger partial charge in [-0.1, -0.05) is 66.2 Å². The number of nitrogens with one attached hydrogen (secondary N) is 3. The third-order valence-electron chi connectivity index (χ3n) is 5.94. The van der Waals surface area contributed by atoms with E-state index in [0.717, 1.165) is 22.4 Å². The molecular formula is C28H25N5O2. The first kappa shape index (κ1) is 22.2.